The zero-order chi connectivity index (χ0) is 23.0. The topological polar surface area (TPSA) is 95.6 Å². The van der Waals surface area contributed by atoms with Crippen molar-refractivity contribution in [3.63, 3.8) is 0 Å². The summed E-state index contributed by atoms with van der Waals surface area (Å²) < 4.78 is 27.3. The zero-order valence-corrected chi connectivity index (χ0v) is 20.0. The van der Waals surface area contributed by atoms with Gasteiger partial charge in [0.2, 0.25) is 15.9 Å². The fourth-order valence-electron chi connectivity index (χ4n) is 5.11. The minimum Gasteiger partial charge on any atom is -0.353 e. The van der Waals surface area contributed by atoms with Crippen LogP contribution in [0.4, 0.5) is 0 Å². The van der Waals surface area contributed by atoms with E-state index in [4.69, 9.17) is 0 Å². The summed E-state index contributed by atoms with van der Waals surface area (Å²) in [6.45, 7) is 10.7. The Morgan fingerprint density at radius 2 is 1.52 bits per heavy atom. The molecule has 2 saturated heterocycles. The average Bonchev–Trinajstić information content (AvgIpc) is 2.65. The largest absolute Gasteiger partial charge is 0.353 e. The lowest BCUT2D eigenvalue weighted by molar-refractivity contribution is -0.127. The molecule has 31 heavy (non-hydrogen) atoms. The lowest BCUT2D eigenvalue weighted by atomic mass is 9.79. The number of carbonyl (C=O) groups is 2. The Balaban J connectivity index is 1.58. The highest BCUT2D eigenvalue weighted by molar-refractivity contribution is 7.89. The first-order valence-corrected chi connectivity index (χ1v) is 12.4. The van der Waals surface area contributed by atoms with Crippen LogP contribution in [0.5, 0.6) is 0 Å². The molecule has 172 valence electrons. The molecule has 8 heteroatoms. The number of Topliss-reactive ketones (excluding diaryl/α,β-unsaturated/α-hetero) is 1. The maximum atomic E-state index is 12.9. The number of amides is 1. The van der Waals surface area contributed by atoms with Gasteiger partial charge in [-0.2, -0.15) is 4.31 Å². The minimum atomic E-state index is -3.63. The van der Waals surface area contributed by atoms with Gasteiger partial charge < -0.3 is 10.6 Å². The van der Waals surface area contributed by atoms with E-state index < -0.39 is 10.0 Å². The van der Waals surface area contributed by atoms with Crippen molar-refractivity contribution in [2.24, 2.45) is 5.92 Å². The number of nitrogens with one attached hydrogen (secondary N) is 2. The Bertz CT molecular complexity index is 914. The number of hydrogen-bond donors (Lipinski definition) is 2. The first-order valence-electron chi connectivity index (χ1n) is 11.0. The van der Waals surface area contributed by atoms with Crippen LogP contribution in [0.2, 0.25) is 0 Å². The van der Waals surface area contributed by atoms with Gasteiger partial charge in [0.05, 0.1) is 4.90 Å². The van der Waals surface area contributed by atoms with Crippen molar-refractivity contribution >= 4 is 21.7 Å². The van der Waals surface area contributed by atoms with Crippen molar-refractivity contribution in [1.82, 2.24) is 14.9 Å². The summed E-state index contributed by atoms with van der Waals surface area (Å²) >= 11 is 0. The second-order valence-electron chi connectivity index (χ2n) is 10.3. The molecule has 0 spiro atoms. The molecule has 0 bridgehead atoms. The number of nitrogens with zero attached hydrogens (tertiary/aromatic N) is 1. The molecule has 0 atom stereocenters. The summed E-state index contributed by atoms with van der Waals surface area (Å²) in [5.74, 6) is -0.245. The molecule has 1 amide bonds. The highest BCUT2D eigenvalue weighted by atomic mass is 32.2. The Morgan fingerprint density at radius 3 is 2.00 bits per heavy atom. The average molecular weight is 450 g/mol. The standard InChI is InChI=1S/C23H35N3O4S/c1-16(27)17-6-8-20(9-7-17)31(29,30)26-12-10-18(11-13-26)21(28)24-19-14-22(2,3)25-23(4,5)15-19/h6-9,18-19,25H,10-15H2,1-5H3,(H,24,28). The van der Waals surface area contributed by atoms with E-state index in [9.17, 15) is 18.0 Å². The van der Waals surface area contributed by atoms with E-state index in [0.717, 1.165) is 12.8 Å². The van der Waals surface area contributed by atoms with Crippen molar-refractivity contribution in [3.8, 4) is 0 Å². The van der Waals surface area contributed by atoms with Crippen molar-refractivity contribution in [2.45, 2.75) is 82.3 Å². The number of sulfonamides is 1. The smallest absolute Gasteiger partial charge is 0.243 e. The Labute approximate surface area is 186 Å². The van der Waals surface area contributed by atoms with Gasteiger partial charge in [0.25, 0.3) is 0 Å². The molecule has 2 N–H and O–H groups in total. The van der Waals surface area contributed by atoms with Crippen LogP contribution < -0.4 is 10.6 Å². The van der Waals surface area contributed by atoms with E-state index >= 15 is 0 Å². The van der Waals surface area contributed by atoms with Gasteiger partial charge >= 0.3 is 0 Å². The van der Waals surface area contributed by atoms with Crippen molar-refractivity contribution in [3.05, 3.63) is 29.8 Å². The van der Waals surface area contributed by atoms with E-state index in [2.05, 4.69) is 38.3 Å². The Kier molecular flexibility index (Phi) is 6.65. The summed E-state index contributed by atoms with van der Waals surface area (Å²) in [5.41, 5.74) is 0.392. The molecule has 0 aromatic heterocycles. The number of carbonyl (C=O) groups excluding carboxylic acids is 2. The second kappa shape index (κ2) is 8.64. The summed E-state index contributed by atoms with van der Waals surface area (Å²) in [6, 6.07) is 6.14. The number of hydrogen-bond acceptors (Lipinski definition) is 5. The molecule has 0 unspecified atom stereocenters. The molecule has 2 fully saturated rings. The zero-order valence-electron chi connectivity index (χ0n) is 19.2. The Morgan fingerprint density at radius 1 is 1.00 bits per heavy atom. The van der Waals surface area contributed by atoms with Gasteiger partial charge in [0.15, 0.2) is 5.78 Å². The number of rotatable bonds is 5. The summed E-state index contributed by atoms with van der Waals surface area (Å²) in [4.78, 5) is 24.5. The van der Waals surface area contributed by atoms with Crippen LogP contribution >= 0.6 is 0 Å². The van der Waals surface area contributed by atoms with Gasteiger partial charge in [-0.3, -0.25) is 9.59 Å². The molecule has 2 aliphatic rings. The third kappa shape index (κ3) is 5.73. The number of ketones is 1. The van der Waals surface area contributed by atoms with Crippen LogP contribution in [0, 0.1) is 5.92 Å². The Hall–Kier alpha value is -1.77. The fourth-order valence-corrected chi connectivity index (χ4v) is 6.58. The molecular weight excluding hydrogens is 414 g/mol. The predicted octanol–water partition coefficient (Wildman–Crippen LogP) is 2.72. The highest BCUT2D eigenvalue weighted by Gasteiger charge is 2.39. The van der Waals surface area contributed by atoms with Crippen molar-refractivity contribution < 1.29 is 18.0 Å². The molecule has 1 aromatic rings. The van der Waals surface area contributed by atoms with E-state index in [1.54, 1.807) is 0 Å². The van der Waals surface area contributed by atoms with Crippen molar-refractivity contribution in [1.29, 1.82) is 0 Å². The van der Waals surface area contributed by atoms with Crippen LogP contribution in [0.15, 0.2) is 29.2 Å². The molecule has 0 radical (unpaired) electrons. The first kappa shape index (κ1) is 23.9. The molecule has 2 aliphatic heterocycles. The molecule has 0 saturated carbocycles. The highest BCUT2D eigenvalue weighted by Crippen LogP contribution is 2.30. The first-order chi connectivity index (χ1) is 14.3. The van der Waals surface area contributed by atoms with Crippen LogP contribution in [0.25, 0.3) is 0 Å². The third-order valence-corrected chi connectivity index (χ3v) is 8.17. The summed E-state index contributed by atoms with van der Waals surface area (Å²) in [7, 11) is -3.63. The van der Waals surface area contributed by atoms with Crippen LogP contribution in [0.1, 0.15) is 70.7 Å². The van der Waals surface area contributed by atoms with Gasteiger partial charge in [-0.1, -0.05) is 12.1 Å². The van der Waals surface area contributed by atoms with Gasteiger partial charge in [0.1, 0.15) is 0 Å². The maximum absolute atomic E-state index is 12.9. The van der Waals surface area contributed by atoms with E-state index in [1.165, 1.54) is 35.5 Å². The quantitative estimate of drug-likeness (QED) is 0.674. The molecular formula is C23H35N3O4S. The third-order valence-electron chi connectivity index (χ3n) is 6.26. The summed E-state index contributed by atoms with van der Waals surface area (Å²) in [6.07, 6.45) is 2.75. The molecule has 2 heterocycles. The molecule has 3 rings (SSSR count). The monoisotopic (exact) mass is 449 g/mol. The minimum absolute atomic E-state index is 0.0290. The van der Waals surface area contributed by atoms with Gasteiger partial charge in [-0.15, -0.1) is 0 Å². The van der Waals surface area contributed by atoms with E-state index in [0.29, 0.717) is 31.5 Å². The summed E-state index contributed by atoms with van der Waals surface area (Å²) in [5, 5.41) is 6.84. The second-order valence-corrected chi connectivity index (χ2v) is 12.2. The van der Waals surface area contributed by atoms with E-state index in [-0.39, 0.29) is 39.6 Å². The lowest BCUT2D eigenvalue weighted by Gasteiger charge is -2.47. The van der Waals surface area contributed by atoms with Crippen molar-refractivity contribution in [2.75, 3.05) is 13.1 Å². The van der Waals surface area contributed by atoms with E-state index in [1.807, 2.05) is 0 Å². The van der Waals surface area contributed by atoms with Gasteiger partial charge in [0, 0.05) is 41.7 Å². The van der Waals surface area contributed by atoms with Crippen LogP contribution in [0.3, 0.4) is 0 Å². The molecule has 1 aromatic carbocycles. The van der Waals surface area contributed by atoms with Gasteiger partial charge in [-0.05, 0) is 72.4 Å². The number of benzene rings is 1. The van der Waals surface area contributed by atoms with Gasteiger partial charge in [-0.25, -0.2) is 8.42 Å². The van der Waals surface area contributed by atoms with Crippen LogP contribution in [-0.4, -0.2) is 54.6 Å². The molecule has 7 nitrogen and oxygen atoms in total. The SMILES string of the molecule is CC(=O)c1ccc(S(=O)(=O)N2CCC(C(=O)NC3CC(C)(C)NC(C)(C)C3)CC2)cc1. The predicted molar refractivity (Wildman–Crippen MR) is 120 cm³/mol. The normalized spacial score (nSPS) is 22.7. The fraction of sp³-hybridized carbons (Fsp3) is 0.652. The molecule has 0 aliphatic carbocycles. The number of piperidine rings is 2. The maximum Gasteiger partial charge on any atom is 0.243 e. The van der Waals surface area contributed by atoms with Crippen LogP contribution in [-0.2, 0) is 14.8 Å². The lowest BCUT2D eigenvalue weighted by Crippen LogP contribution is -2.62.